The predicted molar refractivity (Wildman–Crippen MR) is 136 cm³/mol. The first-order valence-corrected chi connectivity index (χ1v) is 11.0. The SMILES string of the molecule is C=C(Nc1cc(C(=O)NCc2ccccc2Cl)ccc1Cl)c1cc2cnc(OC)cc2[nH]c1=O. The van der Waals surface area contributed by atoms with Crippen molar-refractivity contribution in [2.75, 3.05) is 12.4 Å². The molecule has 1 amide bonds. The number of nitrogens with zero attached hydrogens (tertiary/aromatic N) is 1. The number of ether oxygens (including phenoxy) is 1. The highest BCUT2D eigenvalue weighted by Crippen LogP contribution is 2.27. The summed E-state index contributed by atoms with van der Waals surface area (Å²) in [6.45, 7) is 4.25. The summed E-state index contributed by atoms with van der Waals surface area (Å²) in [4.78, 5) is 32.3. The van der Waals surface area contributed by atoms with E-state index in [1.165, 1.54) is 7.11 Å². The number of anilines is 1. The third-order valence-electron chi connectivity index (χ3n) is 5.15. The molecule has 0 aliphatic heterocycles. The highest BCUT2D eigenvalue weighted by molar-refractivity contribution is 6.33. The first-order valence-electron chi connectivity index (χ1n) is 10.2. The van der Waals surface area contributed by atoms with Crippen LogP contribution in [0.5, 0.6) is 5.88 Å². The van der Waals surface area contributed by atoms with E-state index in [4.69, 9.17) is 27.9 Å². The number of fused-ring (bicyclic) bond motifs is 1. The van der Waals surface area contributed by atoms with E-state index in [0.717, 1.165) is 5.56 Å². The zero-order chi connectivity index (χ0) is 24.2. The highest BCUT2D eigenvalue weighted by Gasteiger charge is 2.13. The Hall–Kier alpha value is -3.81. The van der Waals surface area contributed by atoms with Crippen molar-refractivity contribution in [1.29, 1.82) is 0 Å². The molecule has 0 saturated heterocycles. The maximum Gasteiger partial charge on any atom is 0.257 e. The van der Waals surface area contributed by atoms with E-state index in [9.17, 15) is 9.59 Å². The zero-order valence-electron chi connectivity index (χ0n) is 18.1. The van der Waals surface area contributed by atoms with E-state index in [2.05, 4.69) is 27.2 Å². The van der Waals surface area contributed by atoms with Crippen molar-refractivity contribution in [2.24, 2.45) is 0 Å². The number of pyridine rings is 2. The molecule has 172 valence electrons. The molecule has 34 heavy (non-hydrogen) atoms. The van der Waals surface area contributed by atoms with Crippen molar-refractivity contribution in [3.05, 3.63) is 104 Å². The number of carbonyl (C=O) groups is 1. The van der Waals surface area contributed by atoms with Crippen molar-refractivity contribution in [1.82, 2.24) is 15.3 Å². The number of aromatic nitrogens is 2. The molecule has 2 aromatic carbocycles. The molecule has 2 aromatic heterocycles. The number of aromatic amines is 1. The predicted octanol–water partition coefficient (Wildman–Crippen LogP) is 5.25. The molecular weight excluding hydrogens is 475 g/mol. The van der Waals surface area contributed by atoms with E-state index >= 15 is 0 Å². The van der Waals surface area contributed by atoms with Gasteiger partial charge in [-0.1, -0.05) is 48.0 Å². The lowest BCUT2D eigenvalue weighted by Gasteiger charge is -2.13. The molecule has 0 unspecified atom stereocenters. The molecule has 0 atom stereocenters. The standard InChI is InChI=1S/C25H20Cl2N4O3/c1-14(18-9-17-13-28-23(34-2)11-21(17)31-25(18)33)30-22-10-15(7-8-20(22)27)24(32)29-12-16-5-3-4-6-19(16)26/h3-11,13,30H,1,12H2,2H3,(H,29,32)(H,31,33). The Bertz CT molecular complexity index is 1470. The normalized spacial score (nSPS) is 10.7. The van der Waals surface area contributed by atoms with Gasteiger partial charge in [0.2, 0.25) is 5.88 Å². The van der Waals surface area contributed by atoms with Gasteiger partial charge < -0.3 is 20.4 Å². The highest BCUT2D eigenvalue weighted by atomic mass is 35.5. The van der Waals surface area contributed by atoms with E-state index < -0.39 is 0 Å². The molecule has 0 aliphatic rings. The first kappa shape index (κ1) is 23.4. The quantitative estimate of drug-likeness (QED) is 0.326. The topological polar surface area (TPSA) is 96.1 Å². The van der Waals surface area contributed by atoms with Crippen molar-refractivity contribution in [2.45, 2.75) is 6.54 Å². The molecule has 0 spiro atoms. The number of carbonyl (C=O) groups excluding carboxylic acids is 1. The number of halogens is 2. The first-order chi connectivity index (χ1) is 16.4. The Morgan fingerprint density at radius 3 is 2.68 bits per heavy atom. The van der Waals surface area contributed by atoms with Gasteiger partial charge in [0, 0.05) is 40.5 Å². The fourth-order valence-corrected chi connectivity index (χ4v) is 3.70. The molecule has 4 aromatic rings. The van der Waals surface area contributed by atoms with Crippen LogP contribution in [0.3, 0.4) is 0 Å². The maximum absolute atomic E-state index is 12.7. The lowest BCUT2D eigenvalue weighted by Crippen LogP contribution is -2.23. The van der Waals surface area contributed by atoms with Crippen LogP contribution in [0.15, 0.2) is 72.2 Å². The third-order valence-corrected chi connectivity index (χ3v) is 5.85. The Labute approximate surface area is 205 Å². The number of hydrogen-bond acceptors (Lipinski definition) is 5. The zero-order valence-corrected chi connectivity index (χ0v) is 19.6. The number of hydrogen-bond donors (Lipinski definition) is 3. The average molecular weight is 495 g/mol. The van der Waals surface area contributed by atoms with Crippen LogP contribution in [0.25, 0.3) is 16.6 Å². The number of nitrogens with one attached hydrogen (secondary N) is 3. The molecule has 4 rings (SSSR count). The lowest BCUT2D eigenvalue weighted by molar-refractivity contribution is 0.0951. The van der Waals surface area contributed by atoms with Gasteiger partial charge in [-0.15, -0.1) is 0 Å². The minimum absolute atomic E-state index is 0.280. The van der Waals surface area contributed by atoms with Crippen LogP contribution in [0.2, 0.25) is 10.0 Å². The van der Waals surface area contributed by atoms with Gasteiger partial charge in [-0.3, -0.25) is 9.59 Å². The molecule has 7 nitrogen and oxygen atoms in total. The number of amides is 1. The minimum Gasteiger partial charge on any atom is -0.481 e. The van der Waals surface area contributed by atoms with Gasteiger partial charge in [-0.05, 0) is 35.9 Å². The molecule has 9 heteroatoms. The molecule has 2 heterocycles. The molecule has 0 saturated carbocycles. The van der Waals surface area contributed by atoms with E-state index in [0.29, 0.717) is 49.3 Å². The van der Waals surface area contributed by atoms with Gasteiger partial charge in [0.05, 0.1) is 28.9 Å². The molecule has 0 radical (unpaired) electrons. The van der Waals surface area contributed by atoms with Crippen molar-refractivity contribution >= 4 is 51.4 Å². The summed E-state index contributed by atoms with van der Waals surface area (Å²) >= 11 is 12.5. The summed E-state index contributed by atoms with van der Waals surface area (Å²) in [5.74, 6) is 0.0954. The molecule has 3 N–H and O–H groups in total. The second-order valence-corrected chi connectivity index (χ2v) is 8.21. The molecule has 0 fully saturated rings. The van der Waals surface area contributed by atoms with Crippen LogP contribution < -0.4 is 20.9 Å². The Morgan fingerprint density at radius 2 is 1.91 bits per heavy atom. The van der Waals surface area contributed by atoms with Gasteiger partial charge >= 0.3 is 0 Å². The number of rotatable bonds is 7. The van der Waals surface area contributed by atoms with Gasteiger partial charge in [0.25, 0.3) is 11.5 Å². The van der Waals surface area contributed by atoms with Crippen molar-refractivity contribution in [3.8, 4) is 5.88 Å². The van der Waals surface area contributed by atoms with Gasteiger partial charge in [0.15, 0.2) is 0 Å². The Morgan fingerprint density at radius 1 is 1.12 bits per heavy atom. The maximum atomic E-state index is 12.7. The molecule has 0 bridgehead atoms. The summed E-state index contributed by atoms with van der Waals surface area (Å²) in [5, 5.41) is 7.53. The monoisotopic (exact) mass is 494 g/mol. The fourth-order valence-electron chi connectivity index (χ4n) is 3.33. The average Bonchev–Trinajstić information content (AvgIpc) is 2.83. The summed E-state index contributed by atoms with van der Waals surface area (Å²) in [6.07, 6.45) is 1.60. The van der Waals surface area contributed by atoms with Crippen LogP contribution in [-0.4, -0.2) is 23.0 Å². The summed E-state index contributed by atoms with van der Waals surface area (Å²) in [5.41, 5.74) is 2.49. The number of benzene rings is 2. The van der Waals surface area contributed by atoms with Crippen LogP contribution in [0.1, 0.15) is 21.5 Å². The second kappa shape index (κ2) is 9.99. The van der Waals surface area contributed by atoms with Crippen LogP contribution in [0, 0.1) is 0 Å². The largest absolute Gasteiger partial charge is 0.481 e. The van der Waals surface area contributed by atoms with E-state index in [1.807, 2.05) is 18.2 Å². The van der Waals surface area contributed by atoms with E-state index in [1.54, 1.807) is 42.6 Å². The Kier molecular flexibility index (Phi) is 6.86. The van der Waals surface area contributed by atoms with Gasteiger partial charge in [-0.25, -0.2) is 4.98 Å². The smallest absolute Gasteiger partial charge is 0.257 e. The molecular formula is C25H20Cl2N4O3. The summed E-state index contributed by atoms with van der Waals surface area (Å²) < 4.78 is 5.09. The second-order valence-electron chi connectivity index (χ2n) is 7.40. The number of H-pyrrole nitrogens is 1. The minimum atomic E-state index is -0.344. The van der Waals surface area contributed by atoms with Gasteiger partial charge in [-0.2, -0.15) is 0 Å². The molecule has 0 aliphatic carbocycles. The Balaban J connectivity index is 1.53. The summed E-state index contributed by atoms with van der Waals surface area (Å²) in [7, 11) is 1.50. The van der Waals surface area contributed by atoms with Crippen LogP contribution in [0.4, 0.5) is 5.69 Å². The van der Waals surface area contributed by atoms with Crippen molar-refractivity contribution in [3.63, 3.8) is 0 Å². The third kappa shape index (κ3) is 5.06. The van der Waals surface area contributed by atoms with Crippen LogP contribution >= 0.6 is 23.2 Å². The number of methoxy groups -OCH3 is 1. The van der Waals surface area contributed by atoms with E-state index in [-0.39, 0.29) is 18.0 Å². The van der Waals surface area contributed by atoms with Crippen LogP contribution in [-0.2, 0) is 6.54 Å². The summed E-state index contributed by atoms with van der Waals surface area (Å²) in [6, 6.07) is 15.4. The lowest BCUT2D eigenvalue weighted by atomic mass is 10.1. The fraction of sp³-hybridized carbons (Fsp3) is 0.0800. The van der Waals surface area contributed by atoms with Crippen molar-refractivity contribution < 1.29 is 9.53 Å². The van der Waals surface area contributed by atoms with Gasteiger partial charge in [0.1, 0.15) is 0 Å².